The van der Waals surface area contributed by atoms with Crippen LogP contribution in [-0.2, 0) is 6.18 Å². The first-order chi connectivity index (χ1) is 9.71. The van der Waals surface area contributed by atoms with E-state index in [-0.39, 0.29) is 5.56 Å². The number of benzene rings is 2. The summed E-state index contributed by atoms with van der Waals surface area (Å²) >= 11 is 0. The van der Waals surface area contributed by atoms with Crippen LogP contribution in [0.3, 0.4) is 0 Å². The summed E-state index contributed by atoms with van der Waals surface area (Å²) in [4.78, 5) is 11.4. The molecule has 0 fully saturated rings. The van der Waals surface area contributed by atoms with Gasteiger partial charge in [0.05, 0.1) is 5.56 Å². The number of hydrogen-bond acceptors (Lipinski definition) is 1. The SMILES string of the molecule is CC(=O)c1ccc(-c2cccc(C)c2C)cc1C(F)(F)F. The van der Waals surface area contributed by atoms with Crippen molar-refractivity contribution in [2.45, 2.75) is 26.9 Å². The van der Waals surface area contributed by atoms with Crippen LogP contribution in [0.1, 0.15) is 34.0 Å². The summed E-state index contributed by atoms with van der Waals surface area (Å²) in [6.45, 7) is 4.92. The second-order valence-corrected chi connectivity index (χ2v) is 5.06. The maximum Gasteiger partial charge on any atom is 0.417 e. The zero-order valence-electron chi connectivity index (χ0n) is 12.0. The monoisotopic (exact) mass is 292 g/mol. The van der Waals surface area contributed by atoms with Crippen LogP contribution in [0, 0.1) is 13.8 Å². The van der Waals surface area contributed by atoms with Gasteiger partial charge in [0, 0.05) is 5.56 Å². The van der Waals surface area contributed by atoms with Crippen molar-refractivity contribution in [3.05, 3.63) is 58.7 Å². The Morgan fingerprint density at radius 2 is 1.71 bits per heavy atom. The van der Waals surface area contributed by atoms with Gasteiger partial charge in [-0.15, -0.1) is 0 Å². The number of Topliss-reactive ketones (excluding diaryl/α,β-unsaturated/α-hetero) is 1. The third-order valence-corrected chi connectivity index (χ3v) is 3.62. The van der Waals surface area contributed by atoms with E-state index in [1.165, 1.54) is 6.07 Å². The molecule has 0 saturated heterocycles. The molecule has 0 saturated carbocycles. The van der Waals surface area contributed by atoms with E-state index in [4.69, 9.17) is 0 Å². The lowest BCUT2D eigenvalue weighted by Gasteiger charge is -2.15. The highest BCUT2D eigenvalue weighted by molar-refractivity contribution is 5.96. The molecule has 4 heteroatoms. The lowest BCUT2D eigenvalue weighted by molar-refractivity contribution is -0.137. The van der Waals surface area contributed by atoms with Crippen molar-refractivity contribution in [3.8, 4) is 11.1 Å². The van der Waals surface area contributed by atoms with Crippen molar-refractivity contribution in [1.29, 1.82) is 0 Å². The van der Waals surface area contributed by atoms with Crippen LogP contribution in [0.15, 0.2) is 36.4 Å². The van der Waals surface area contributed by atoms with Gasteiger partial charge in [-0.3, -0.25) is 4.79 Å². The highest BCUT2D eigenvalue weighted by Crippen LogP contribution is 2.36. The van der Waals surface area contributed by atoms with Gasteiger partial charge in [0.2, 0.25) is 0 Å². The Kier molecular flexibility index (Phi) is 3.90. The van der Waals surface area contributed by atoms with Crippen molar-refractivity contribution >= 4 is 5.78 Å². The molecule has 0 N–H and O–H groups in total. The Bertz CT molecular complexity index is 700. The fraction of sp³-hybridized carbons (Fsp3) is 0.235. The number of ketones is 1. The minimum absolute atomic E-state index is 0.295. The number of carbonyl (C=O) groups excluding carboxylic acids is 1. The molecule has 0 unspecified atom stereocenters. The van der Waals surface area contributed by atoms with Gasteiger partial charge in [-0.2, -0.15) is 13.2 Å². The highest BCUT2D eigenvalue weighted by Gasteiger charge is 2.34. The smallest absolute Gasteiger partial charge is 0.294 e. The fourth-order valence-corrected chi connectivity index (χ4v) is 2.32. The minimum Gasteiger partial charge on any atom is -0.294 e. The van der Waals surface area contributed by atoms with Crippen molar-refractivity contribution in [2.24, 2.45) is 0 Å². The van der Waals surface area contributed by atoms with Gasteiger partial charge in [-0.05, 0) is 49.1 Å². The molecule has 110 valence electrons. The molecule has 0 amide bonds. The first-order valence-corrected chi connectivity index (χ1v) is 6.50. The lowest BCUT2D eigenvalue weighted by atomic mass is 9.93. The molecule has 0 radical (unpaired) electrons. The Labute approximate surface area is 121 Å². The molecule has 21 heavy (non-hydrogen) atoms. The number of hydrogen-bond donors (Lipinski definition) is 0. The van der Waals surface area contributed by atoms with Crippen molar-refractivity contribution in [3.63, 3.8) is 0 Å². The summed E-state index contributed by atoms with van der Waals surface area (Å²) in [7, 11) is 0. The Balaban J connectivity index is 2.68. The van der Waals surface area contributed by atoms with Gasteiger partial charge >= 0.3 is 6.18 Å². The molecule has 2 aromatic carbocycles. The normalized spacial score (nSPS) is 11.5. The van der Waals surface area contributed by atoms with Crippen molar-refractivity contribution in [2.75, 3.05) is 0 Å². The van der Waals surface area contributed by atoms with Crippen LogP contribution in [0.5, 0.6) is 0 Å². The molecule has 0 spiro atoms. The van der Waals surface area contributed by atoms with Crippen molar-refractivity contribution in [1.82, 2.24) is 0 Å². The summed E-state index contributed by atoms with van der Waals surface area (Å²) in [6, 6.07) is 9.37. The predicted octanol–water partition coefficient (Wildman–Crippen LogP) is 5.19. The molecule has 0 aliphatic heterocycles. The zero-order valence-corrected chi connectivity index (χ0v) is 12.0. The number of rotatable bonds is 2. The summed E-state index contributed by atoms with van der Waals surface area (Å²) in [5.41, 5.74) is 1.98. The van der Waals surface area contributed by atoms with Crippen molar-refractivity contribution < 1.29 is 18.0 Å². The molecule has 0 heterocycles. The van der Waals surface area contributed by atoms with Gasteiger partial charge in [0.15, 0.2) is 5.78 Å². The van der Waals surface area contributed by atoms with Gasteiger partial charge in [0.25, 0.3) is 0 Å². The molecule has 2 rings (SSSR count). The van der Waals surface area contributed by atoms with E-state index < -0.39 is 17.5 Å². The third-order valence-electron chi connectivity index (χ3n) is 3.62. The molecule has 2 aromatic rings. The quantitative estimate of drug-likeness (QED) is 0.696. The van der Waals surface area contributed by atoms with E-state index in [9.17, 15) is 18.0 Å². The molecule has 0 bridgehead atoms. The van der Waals surface area contributed by atoms with E-state index in [1.54, 1.807) is 12.1 Å². The summed E-state index contributed by atoms with van der Waals surface area (Å²) in [5.74, 6) is -0.588. The maximum atomic E-state index is 13.1. The Hall–Kier alpha value is -2.10. The first-order valence-electron chi connectivity index (χ1n) is 6.50. The average molecular weight is 292 g/mol. The molecular formula is C17H15F3O. The maximum absolute atomic E-state index is 13.1. The molecule has 0 aliphatic carbocycles. The molecule has 0 atom stereocenters. The average Bonchev–Trinajstić information content (AvgIpc) is 2.40. The first kappa shape index (κ1) is 15.3. The van der Waals surface area contributed by atoms with Crippen LogP contribution >= 0.6 is 0 Å². The predicted molar refractivity (Wildman–Crippen MR) is 76.4 cm³/mol. The van der Waals surface area contributed by atoms with Crippen LogP contribution in [-0.4, -0.2) is 5.78 Å². The lowest BCUT2D eigenvalue weighted by Crippen LogP contribution is -2.12. The Morgan fingerprint density at radius 1 is 1.05 bits per heavy atom. The standard InChI is InChI=1S/C17H15F3O/c1-10-5-4-6-14(11(10)2)13-7-8-15(12(3)21)16(9-13)17(18,19)20/h4-9H,1-3H3. The minimum atomic E-state index is -4.55. The molecular weight excluding hydrogens is 277 g/mol. The van der Waals surface area contributed by atoms with Crippen LogP contribution in [0.4, 0.5) is 13.2 Å². The topological polar surface area (TPSA) is 17.1 Å². The second-order valence-electron chi connectivity index (χ2n) is 5.06. The van der Waals surface area contributed by atoms with Gasteiger partial charge < -0.3 is 0 Å². The van der Waals surface area contributed by atoms with Crippen LogP contribution in [0.25, 0.3) is 11.1 Å². The second kappa shape index (κ2) is 5.35. The summed E-state index contributed by atoms with van der Waals surface area (Å²) in [5, 5.41) is 0. The summed E-state index contributed by atoms with van der Waals surface area (Å²) in [6.07, 6.45) is -4.55. The van der Waals surface area contributed by atoms with Crippen LogP contribution in [0.2, 0.25) is 0 Å². The number of alkyl halides is 3. The van der Waals surface area contributed by atoms with Gasteiger partial charge in [0.1, 0.15) is 0 Å². The fourth-order valence-electron chi connectivity index (χ4n) is 2.32. The van der Waals surface area contributed by atoms with E-state index in [0.29, 0.717) is 5.56 Å². The number of carbonyl (C=O) groups is 1. The zero-order chi connectivity index (χ0) is 15.8. The van der Waals surface area contributed by atoms with E-state index in [1.807, 2.05) is 26.0 Å². The van der Waals surface area contributed by atoms with Gasteiger partial charge in [-0.1, -0.05) is 30.3 Å². The highest BCUT2D eigenvalue weighted by atomic mass is 19.4. The number of halogens is 3. The Morgan fingerprint density at radius 3 is 2.29 bits per heavy atom. The van der Waals surface area contributed by atoms with E-state index in [2.05, 4.69) is 0 Å². The largest absolute Gasteiger partial charge is 0.417 e. The summed E-state index contributed by atoms with van der Waals surface area (Å²) < 4.78 is 39.4. The van der Waals surface area contributed by atoms with E-state index >= 15 is 0 Å². The third kappa shape index (κ3) is 2.99. The van der Waals surface area contributed by atoms with E-state index in [0.717, 1.165) is 29.7 Å². The van der Waals surface area contributed by atoms with Gasteiger partial charge in [-0.25, -0.2) is 0 Å². The molecule has 0 aromatic heterocycles. The van der Waals surface area contributed by atoms with Crippen LogP contribution < -0.4 is 0 Å². The molecule has 0 aliphatic rings. The number of aryl methyl sites for hydroxylation is 1. The molecule has 1 nitrogen and oxygen atoms in total.